The quantitative estimate of drug-likeness (QED) is 0.818. The van der Waals surface area contributed by atoms with Crippen LogP contribution in [0.5, 0.6) is 0 Å². The fourth-order valence-corrected chi connectivity index (χ4v) is 5.07. The molecule has 2 aromatic rings. The summed E-state index contributed by atoms with van der Waals surface area (Å²) in [6.07, 6.45) is 6.42. The molecule has 1 nitrogen and oxygen atoms in total. The van der Waals surface area contributed by atoms with E-state index in [1.165, 1.54) is 34.6 Å². The molecule has 19 heavy (non-hydrogen) atoms. The third-order valence-electron chi connectivity index (χ3n) is 3.90. The van der Waals surface area contributed by atoms with E-state index in [0.717, 1.165) is 13.1 Å². The lowest BCUT2D eigenvalue weighted by Gasteiger charge is -2.40. The van der Waals surface area contributed by atoms with Crippen molar-refractivity contribution in [2.45, 2.75) is 30.6 Å². The molecule has 4 heteroatoms. The molecule has 0 aliphatic heterocycles. The van der Waals surface area contributed by atoms with Gasteiger partial charge in [-0.25, -0.2) is 0 Å². The zero-order valence-electron chi connectivity index (χ0n) is 11.1. The molecule has 0 unspecified atom stereocenters. The van der Waals surface area contributed by atoms with Crippen molar-refractivity contribution in [1.82, 2.24) is 5.32 Å². The predicted molar refractivity (Wildman–Crippen MR) is 89.4 cm³/mol. The molecule has 1 fully saturated rings. The first-order valence-electron chi connectivity index (χ1n) is 6.68. The Morgan fingerprint density at radius 2 is 2.26 bits per heavy atom. The van der Waals surface area contributed by atoms with Crippen molar-refractivity contribution in [3.8, 4) is 10.4 Å². The van der Waals surface area contributed by atoms with Crippen LogP contribution >= 0.6 is 34.4 Å². The number of thiophene rings is 2. The van der Waals surface area contributed by atoms with Gasteiger partial charge < -0.3 is 5.32 Å². The molecular weight excluding hydrogens is 290 g/mol. The highest BCUT2D eigenvalue weighted by molar-refractivity contribution is 8.00. The molecule has 0 saturated heterocycles. The van der Waals surface area contributed by atoms with E-state index in [2.05, 4.69) is 40.5 Å². The van der Waals surface area contributed by atoms with Crippen LogP contribution in [-0.4, -0.2) is 17.5 Å². The zero-order chi connectivity index (χ0) is 13.1. The van der Waals surface area contributed by atoms with Gasteiger partial charge in [-0.1, -0.05) is 12.5 Å². The van der Waals surface area contributed by atoms with Crippen LogP contribution in [0, 0.1) is 0 Å². The molecule has 0 atom stereocenters. The Balaban J connectivity index is 1.53. The summed E-state index contributed by atoms with van der Waals surface area (Å²) in [6, 6.07) is 6.64. The molecule has 1 N–H and O–H groups in total. The maximum atomic E-state index is 3.65. The monoisotopic (exact) mass is 309 g/mol. The Labute approximate surface area is 127 Å². The first-order chi connectivity index (χ1) is 9.31. The summed E-state index contributed by atoms with van der Waals surface area (Å²) < 4.78 is 0.536. The zero-order valence-corrected chi connectivity index (χ0v) is 13.6. The summed E-state index contributed by atoms with van der Waals surface area (Å²) in [4.78, 5) is 2.82. The standard InChI is InChI=1S/C15H19NS3/c1-17-15(5-3-6-15)11-16-9-13-8-12(10-19-13)14-4-2-7-18-14/h2,4,7-8,10,16H,3,5-6,9,11H2,1H3. The van der Waals surface area contributed by atoms with Crippen molar-refractivity contribution < 1.29 is 0 Å². The minimum atomic E-state index is 0.536. The minimum Gasteiger partial charge on any atom is -0.310 e. The van der Waals surface area contributed by atoms with Crippen molar-refractivity contribution in [1.29, 1.82) is 0 Å². The molecule has 0 spiro atoms. The fraction of sp³-hybridized carbons (Fsp3) is 0.467. The van der Waals surface area contributed by atoms with Gasteiger partial charge in [0, 0.05) is 33.2 Å². The molecule has 0 aromatic carbocycles. The number of rotatable bonds is 6. The third-order valence-corrected chi connectivity index (χ3v) is 7.18. The SMILES string of the molecule is CSC1(CNCc2cc(-c3cccs3)cs2)CCC1. The highest BCUT2D eigenvalue weighted by Crippen LogP contribution is 2.42. The van der Waals surface area contributed by atoms with Crippen LogP contribution in [0.15, 0.2) is 29.0 Å². The van der Waals surface area contributed by atoms with Crippen LogP contribution in [0.2, 0.25) is 0 Å². The van der Waals surface area contributed by atoms with Crippen LogP contribution in [0.4, 0.5) is 0 Å². The van der Waals surface area contributed by atoms with Crippen LogP contribution in [-0.2, 0) is 6.54 Å². The average Bonchev–Trinajstić information content (AvgIpc) is 3.02. The summed E-state index contributed by atoms with van der Waals surface area (Å²) in [7, 11) is 0. The Kier molecular flexibility index (Phi) is 4.32. The van der Waals surface area contributed by atoms with Crippen molar-refractivity contribution in [2.24, 2.45) is 0 Å². The van der Waals surface area contributed by atoms with Gasteiger partial charge in [0.1, 0.15) is 0 Å². The lowest BCUT2D eigenvalue weighted by atomic mass is 9.84. The lowest BCUT2D eigenvalue weighted by molar-refractivity contribution is 0.346. The van der Waals surface area contributed by atoms with Gasteiger partial charge in [0.2, 0.25) is 0 Å². The topological polar surface area (TPSA) is 12.0 Å². The molecule has 0 amide bonds. The molecule has 1 aliphatic rings. The van der Waals surface area contributed by atoms with Crippen LogP contribution in [0.25, 0.3) is 10.4 Å². The molecular formula is C15H19NS3. The second kappa shape index (κ2) is 6.00. The van der Waals surface area contributed by atoms with Gasteiger partial charge in [-0.15, -0.1) is 22.7 Å². The summed E-state index contributed by atoms with van der Waals surface area (Å²) in [5.74, 6) is 0. The Morgan fingerprint density at radius 3 is 2.89 bits per heavy atom. The van der Waals surface area contributed by atoms with Crippen molar-refractivity contribution in [2.75, 3.05) is 12.8 Å². The fourth-order valence-electron chi connectivity index (χ4n) is 2.48. The first-order valence-corrected chi connectivity index (χ1v) is 9.67. The Morgan fingerprint density at radius 1 is 1.37 bits per heavy atom. The third kappa shape index (κ3) is 3.07. The summed E-state index contributed by atoms with van der Waals surface area (Å²) in [5.41, 5.74) is 1.38. The van der Waals surface area contributed by atoms with Gasteiger partial charge in [0.15, 0.2) is 0 Å². The predicted octanol–water partition coefficient (Wildman–Crippen LogP) is 4.85. The average molecular weight is 310 g/mol. The molecule has 2 heterocycles. The maximum absolute atomic E-state index is 3.65. The van der Waals surface area contributed by atoms with Crippen LogP contribution in [0.1, 0.15) is 24.1 Å². The normalized spacial score (nSPS) is 17.3. The molecule has 1 aliphatic carbocycles. The van der Waals surface area contributed by atoms with E-state index in [1.807, 2.05) is 34.4 Å². The smallest absolute Gasteiger partial charge is 0.0351 e. The summed E-state index contributed by atoms with van der Waals surface area (Å²) >= 11 is 5.73. The van der Waals surface area contributed by atoms with Gasteiger partial charge in [-0.05, 0) is 42.0 Å². The lowest BCUT2D eigenvalue weighted by Crippen LogP contribution is -2.43. The van der Waals surface area contributed by atoms with Gasteiger partial charge in [0.05, 0.1) is 0 Å². The highest BCUT2D eigenvalue weighted by atomic mass is 32.2. The second-order valence-electron chi connectivity index (χ2n) is 5.12. The van der Waals surface area contributed by atoms with Crippen molar-refractivity contribution >= 4 is 34.4 Å². The molecule has 102 valence electrons. The van der Waals surface area contributed by atoms with Crippen LogP contribution in [0.3, 0.4) is 0 Å². The van der Waals surface area contributed by atoms with E-state index in [4.69, 9.17) is 0 Å². The summed E-state index contributed by atoms with van der Waals surface area (Å²) in [5, 5.41) is 8.06. The minimum absolute atomic E-state index is 0.536. The summed E-state index contributed by atoms with van der Waals surface area (Å²) in [6.45, 7) is 2.17. The van der Waals surface area contributed by atoms with E-state index in [9.17, 15) is 0 Å². The highest BCUT2D eigenvalue weighted by Gasteiger charge is 2.35. The first kappa shape index (κ1) is 13.7. The number of thioether (sulfide) groups is 1. The number of nitrogens with one attached hydrogen (secondary N) is 1. The van der Waals surface area contributed by atoms with Crippen molar-refractivity contribution in [3.05, 3.63) is 33.8 Å². The number of hydrogen-bond donors (Lipinski definition) is 1. The van der Waals surface area contributed by atoms with Gasteiger partial charge in [0.25, 0.3) is 0 Å². The van der Waals surface area contributed by atoms with Crippen molar-refractivity contribution in [3.63, 3.8) is 0 Å². The number of hydrogen-bond acceptors (Lipinski definition) is 4. The molecule has 0 radical (unpaired) electrons. The Bertz CT molecular complexity index is 506. The van der Waals surface area contributed by atoms with E-state index in [1.54, 1.807) is 0 Å². The van der Waals surface area contributed by atoms with Gasteiger partial charge in [-0.3, -0.25) is 0 Å². The van der Waals surface area contributed by atoms with Crippen LogP contribution < -0.4 is 5.32 Å². The van der Waals surface area contributed by atoms with E-state index in [0.29, 0.717) is 4.75 Å². The molecule has 1 saturated carbocycles. The molecule has 3 rings (SSSR count). The molecule has 0 bridgehead atoms. The van der Waals surface area contributed by atoms with E-state index >= 15 is 0 Å². The van der Waals surface area contributed by atoms with E-state index < -0.39 is 0 Å². The maximum Gasteiger partial charge on any atom is 0.0351 e. The van der Waals surface area contributed by atoms with Gasteiger partial charge in [-0.2, -0.15) is 11.8 Å². The van der Waals surface area contributed by atoms with E-state index in [-0.39, 0.29) is 0 Å². The Hall–Kier alpha value is -0.290. The largest absolute Gasteiger partial charge is 0.310 e. The second-order valence-corrected chi connectivity index (χ2v) is 8.34. The molecule has 2 aromatic heterocycles. The van der Waals surface area contributed by atoms with Gasteiger partial charge >= 0.3 is 0 Å².